The summed E-state index contributed by atoms with van der Waals surface area (Å²) in [4.78, 5) is 15.4. The molecule has 2 aromatic carbocycles. The lowest BCUT2D eigenvalue weighted by molar-refractivity contribution is 0.0955. The quantitative estimate of drug-likeness (QED) is 0.531. The van der Waals surface area contributed by atoms with Crippen LogP contribution < -0.4 is 5.43 Å². The molecule has 6 heteroatoms. The Kier molecular flexibility index (Phi) is 4.37. The van der Waals surface area contributed by atoms with E-state index in [1.54, 1.807) is 18.3 Å². The average Bonchev–Trinajstić information content (AvgIpc) is 2.85. The van der Waals surface area contributed by atoms with Crippen LogP contribution in [0.2, 0.25) is 10.0 Å². The maximum atomic E-state index is 12.1. The molecule has 0 aliphatic heterocycles. The molecular formula is C17H13Cl2N3O. The number of carbonyl (C=O) groups excluding carboxylic acids is 1. The number of rotatable bonds is 3. The molecule has 4 nitrogen and oxygen atoms in total. The van der Waals surface area contributed by atoms with Crippen LogP contribution in [0.15, 0.2) is 47.6 Å². The second-order valence-electron chi connectivity index (χ2n) is 5.03. The number of benzene rings is 2. The van der Waals surface area contributed by atoms with Crippen LogP contribution in [0, 0.1) is 6.92 Å². The molecule has 23 heavy (non-hydrogen) atoms. The van der Waals surface area contributed by atoms with Gasteiger partial charge in [0.25, 0.3) is 5.91 Å². The van der Waals surface area contributed by atoms with Gasteiger partial charge in [0.15, 0.2) is 0 Å². The van der Waals surface area contributed by atoms with Gasteiger partial charge in [0.2, 0.25) is 0 Å². The second-order valence-corrected chi connectivity index (χ2v) is 5.88. The number of H-pyrrole nitrogens is 1. The minimum absolute atomic E-state index is 0.284. The van der Waals surface area contributed by atoms with Crippen molar-refractivity contribution >= 4 is 46.2 Å². The molecule has 0 spiro atoms. The molecule has 0 saturated carbocycles. The maximum Gasteiger partial charge on any atom is 0.272 e. The van der Waals surface area contributed by atoms with Crippen LogP contribution in [-0.4, -0.2) is 17.1 Å². The fraction of sp³-hybridized carbons (Fsp3) is 0.0588. The monoisotopic (exact) mass is 345 g/mol. The number of fused-ring (bicyclic) bond motifs is 1. The number of hydrogen-bond acceptors (Lipinski definition) is 2. The van der Waals surface area contributed by atoms with Gasteiger partial charge in [0, 0.05) is 27.2 Å². The van der Waals surface area contributed by atoms with Crippen molar-refractivity contribution in [2.75, 3.05) is 0 Å². The number of hydrogen-bond donors (Lipinski definition) is 2. The highest BCUT2D eigenvalue weighted by Gasteiger charge is 2.10. The topological polar surface area (TPSA) is 57.2 Å². The van der Waals surface area contributed by atoms with Crippen LogP contribution in [0.25, 0.3) is 10.9 Å². The molecule has 0 saturated heterocycles. The highest BCUT2D eigenvalue weighted by Crippen LogP contribution is 2.21. The van der Waals surface area contributed by atoms with Gasteiger partial charge in [-0.15, -0.1) is 0 Å². The van der Waals surface area contributed by atoms with E-state index in [1.165, 1.54) is 6.07 Å². The number of carbonyl (C=O) groups is 1. The van der Waals surface area contributed by atoms with Gasteiger partial charge in [0.05, 0.1) is 16.8 Å². The Morgan fingerprint density at radius 1 is 1.22 bits per heavy atom. The van der Waals surface area contributed by atoms with E-state index in [9.17, 15) is 4.79 Å². The molecule has 1 amide bonds. The van der Waals surface area contributed by atoms with Crippen LogP contribution in [0.5, 0.6) is 0 Å². The van der Waals surface area contributed by atoms with Gasteiger partial charge in [-0.05, 0) is 31.2 Å². The summed E-state index contributed by atoms with van der Waals surface area (Å²) in [5, 5.41) is 5.84. The summed E-state index contributed by atoms with van der Waals surface area (Å²) in [5.74, 6) is -0.411. The number of amides is 1. The molecule has 1 heterocycles. The van der Waals surface area contributed by atoms with E-state index >= 15 is 0 Å². The van der Waals surface area contributed by atoms with E-state index in [1.807, 2.05) is 31.2 Å². The average molecular weight is 346 g/mol. The number of aryl methyl sites for hydroxylation is 1. The van der Waals surface area contributed by atoms with E-state index in [2.05, 4.69) is 15.5 Å². The highest BCUT2D eigenvalue weighted by atomic mass is 35.5. The van der Waals surface area contributed by atoms with Crippen molar-refractivity contribution in [1.29, 1.82) is 0 Å². The minimum atomic E-state index is -0.411. The van der Waals surface area contributed by atoms with Gasteiger partial charge >= 0.3 is 0 Å². The smallest absolute Gasteiger partial charge is 0.272 e. The molecule has 0 aliphatic carbocycles. The standard InChI is InChI=1S/C17H13Cl2N3O/c1-10-14(12-4-2-3-5-16(12)21-10)9-20-22-17(23)13-8-11(18)6-7-15(13)19/h2-9,21H,1H3,(H,22,23)/b20-9+. The van der Waals surface area contributed by atoms with E-state index in [0.29, 0.717) is 10.0 Å². The third-order valence-corrected chi connectivity index (χ3v) is 4.04. The zero-order chi connectivity index (χ0) is 16.4. The van der Waals surface area contributed by atoms with Gasteiger partial charge in [0.1, 0.15) is 0 Å². The zero-order valence-electron chi connectivity index (χ0n) is 12.2. The summed E-state index contributed by atoms with van der Waals surface area (Å²) < 4.78 is 0. The first-order valence-electron chi connectivity index (χ1n) is 6.92. The lowest BCUT2D eigenvalue weighted by Gasteiger charge is -2.03. The molecule has 2 N–H and O–H groups in total. The summed E-state index contributed by atoms with van der Waals surface area (Å²) >= 11 is 11.9. The minimum Gasteiger partial charge on any atom is -0.358 e. The first-order chi connectivity index (χ1) is 11.1. The Hall–Kier alpha value is -2.30. The summed E-state index contributed by atoms with van der Waals surface area (Å²) in [6.07, 6.45) is 1.62. The number of nitrogens with one attached hydrogen (secondary N) is 2. The number of aromatic amines is 1. The summed E-state index contributed by atoms with van der Waals surface area (Å²) in [6, 6.07) is 12.6. The van der Waals surface area contributed by atoms with Crippen molar-refractivity contribution in [2.45, 2.75) is 6.92 Å². The van der Waals surface area contributed by atoms with Crippen molar-refractivity contribution < 1.29 is 4.79 Å². The normalized spacial score (nSPS) is 11.3. The fourth-order valence-corrected chi connectivity index (χ4v) is 2.73. The van der Waals surface area contributed by atoms with Crippen molar-refractivity contribution in [1.82, 2.24) is 10.4 Å². The van der Waals surface area contributed by atoms with Gasteiger partial charge in [-0.1, -0.05) is 41.4 Å². The number of hydrazone groups is 1. The SMILES string of the molecule is Cc1[nH]c2ccccc2c1/C=N/NC(=O)c1cc(Cl)ccc1Cl. The van der Waals surface area contributed by atoms with Crippen LogP contribution in [0.3, 0.4) is 0 Å². The van der Waals surface area contributed by atoms with E-state index in [0.717, 1.165) is 22.2 Å². The molecule has 3 rings (SSSR count). The largest absolute Gasteiger partial charge is 0.358 e. The van der Waals surface area contributed by atoms with Gasteiger partial charge in [-0.3, -0.25) is 4.79 Å². The molecule has 0 atom stereocenters. The van der Waals surface area contributed by atoms with E-state index in [-0.39, 0.29) is 5.56 Å². The summed E-state index contributed by atoms with van der Waals surface area (Å²) in [5.41, 5.74) is 5.68. The summed E-state index contributed by atoms with van der Waals surface area (Å²) in [6.45, 7) is 1.96. The molecule has 0 fully saturated rings. The molecule has 0 radical (unpaired) electrons. The summed E-state index contributed by atoms with van der Waals surface area (Å²) in [7, 11) is 0. The van der Waals surface area contributed by atoms with Gasteiger partial charge in [-0.25, -0.2) is 5.43 Å². The molecule has 0 unspecified atom stereocenters. The second kappa shape index (κ2) is 6.44. The lowest BCUT2D eigenvalue weighted by Crippen LogP contribution is -2.18. The molecule has 0 bridgehead atoms. The number of aromatic nitrogens is 1. The predicted molar refractivity (Wildman–Crippen MR) is 94.6 cm³/mol. The Morgan fingerprint density at radius 3 is 2.83 bits per heavy atom. The first-order valence-corrected chi connectivity index (χ1v) is 7.67. The maximum absolute atomic E-state index is 12.1. The van der Waals surface area contributed by atoms with Crippen LogP contribution in [0.4, 0.5) is 0 Å². The van der Waals surface area contributed by atoms with Crippen LogP contribution >= 0.6 is 23.2 Å². The fourth-order valence-electron chi connectivity index (χ4n) is 2.35. The Bertz CT molecular complexity index is 915. The lowest BCUT2D eigenvalue weighted by atomic mass is 10.1. The Balaban J connectivity index is 1.82. The van der Waals surface area contributed by atoms with Crippen molar-refractivity contribution in [3.63, 3.8) is 0 Å². The van der Waals surface area contributed by atoms with Gasteiger partial charge in [-0.2, -0.15) is 5.10 Å². The van der Waals surface area contributed by atoms with E-state index in [4.69, 9.17) is 23.2 Å². The first kappa shape index (κ1) is 15.6. The van der Waals surface area contributed by atoms with Crippen LogP contribution in [-0.2, 0) is 0 Å². The predicted octanol–water partition coefficient (Wildman–Crippen LogP) is 4.55. The highest BCUT2D eigenvalue weighted by molar-refractivity contribution is 6.35. The zero-order valence-corrected chi connectivity index (χ0v) is 13.7. The van der Waals surface area contributed by atoms with Crippen molar-refractivity contribution in [2.24, 2.45) is 5.10 Å². The number of para-hydroxylation sites is 1. The van der Waals surface area contributed by atoms with Gasteiger partial charge < -0.3 is 4.98 Å². The molecular weight excluding hydrogens is 333 g/mol. The van der Waals surface area contributed by atoms with Crippen molar-refractivity contribution in [3.05, 3.63) is 69.3 Å². The van der Waals surface area contributed by atoms with E-state index < -0.39 is 5.91 Å². The number of nitrogens with zero attached hydrogens (tertiary/aromatic N) is 1. The third kappa shape index (κ3) is 3.23. The Morgan fingerprint density at radius 2 is 2.00 bits per heavy atom. The Labute approximate surface area is 143 Å². The molecule has 116 valence electrons. The number of halogens is 2. The van der Waals surface area contributed by atoms with Crippen molar-refractivity contribution in [3.8, 4) is 0 Å². The molecule has 1 aromatic heterocycles. The van der Waals surface area contributed by atoms with Crippen LogP contribution in [0.1, 0.15) is 21.6 Å². The molecule has 0 aliphatic rings. The third-order valence-electron chi connectivity index (χ3n) is 3.48. The molecule has 3 aromatic rings.